The number of aryl methyl sites for hydroxylation is 6. The predicted molar refractivity (Wildman–Crippen MR) is 301 cm³/mol. The first-order chi connectivity index (χ1) is 35.2. The van der Waals surface area contributed by atoms with Crippen molar-refractivity contribution in [2.75, 3.05) is 4.90 Å². The molecule has 72 heavy (non-hydrogen) atoms. The molecule has 4 heteroatoms. The molecule has 0 bridgehead atoms. The van der Waals surface area contributed by atoms with Gasteiger partial charge in [-0.3, -0.25) is 4.90 Å². The van der Waals surface area contributed by atoms with E-state index < -0.39 is 0 Å². The Hall–Kier alpha value is -8.73. The van der Waals surface area contributed by atoms with E-state index in [-0.39, 0.29) is 5.92 Å². The quantitative estimate of drug-likeness (QED) is 0.121. The summed E-state index contributed by atoms with van der Waals surface area (Å²) in [6.45, 7) is 13.4. The third kappa shape index (κ3) is 9.00. The van der Waals surface area contributed by atoms with Gasteiger partial charge in [0.1, 0.15) is 0 Å². The molecule has 0 unspecified atom stereocenters. The Morgan fingerprint density at radius 1 is 0.333 bits per heavy atom. The highest BCUT2D eigenvalue weighted by molar-refractivity contribution is 5.96. The molecule has 0 atom stereocenters. The minimum atomic E-state index is 0.0156. The normalized spacial score (nSPS) is 11.3. The van der Waals surface area contributed by atoms with Crippen LogP contribution in [0.1, 0.15) is 56.0 Å². The van der Waals surface area contributed by atoms with Gasteiger partial charge in [-0.2, -0.15) is 9.97 Å². The Kier molecular flexibility index (Phi) is 12.4. The van der Waals surface area contributed by atoms with Gasteiger partial charge in [0.25, 0.3) is 0 Å². The van der Waals surface area contributed by atoms with Gasteiger partial charge in [0.2, 0.25) is 5.95 Å². The number of anilines is 3. The zero-order valence-corrected chi connectivity index (χ0v) is 41.7. The van der Waals surface area contributed by atoms with Crippen LogP contribution in [0.5, 0.6) is 0 Å². The first-order valence-corrected chi connectivity index (χ1v) is 24.9. The topological polar surface area (TPSA) is 41.9 Å². The summed E-state index contributed by atoms with van der Waals surface area (Å²) in [6, 6.07) is 80.3. The third-order valence-electron chi connectivity index (χ3n) is 14.0. The van der Waals surface area contributed by atoms with Gasteiger partial charge in [0.15, 0.2) is 11.6 Å². The molecule has 11 rings (SSSR count). The molecule has 0 aliphatic heterocycles. The summed E-state index contributed by atoms with van der Waals surface area (Å²) in [4.78, 5) is 18.8. The second-order valence-corrected chi connectivity index (χ2v) is 19.2. The number of benzene rings is 10. The third-order valence-corrected chi connectivity index (χ3v) is 14.0. The Bertz CT molecular complexity index is 3650. The second-order valence-electron chi connectivity index (χ2n) is 19.2. The number of hydrogen-bond acceptors (Lipinski definition) is 4. The van der Waals surface area contributed by atoms with Crippen molar-refractivity contribution in [1.29, 1.82) is 0 Å². The van der Waals surface area contributed by atoms with Gasteiger partial charge < -0.3 is 0 Å². The van der Waals surface area contributed by atoms with E-state index in [1.54, 1.807) is 0 Å². The van der Waals surface area contributed by atoms with E-state index in [0.29, 0.717) is 17.6 Å². The van der Waals surface area contributed by atoms with Gasteiger partial charge in [0, 0.05) is 28.3 Å². The fourth-order valence-electron chi connectivity index (χ4n) is 10.9. The predicted octanol–water partition coefficient (Wildman–Crippen LogP) is 17.9. The molecule has 0 aliphatic carbocycles. The summed E-state index contributed by atoms with van der Waals surface area (Å²) in [6.07, 6.45) is 0. The van der Waals surface area contributed by atoms with Gasteiger partial charge in [-0.25, -0.2) is 4.98 Å². The number of fused-ring (bicyclic) bond motifs is 1. The zero-order valence-electron chi connectivity index (χ0n) is 41.7. The van der Waals surface area contributed by atoms with Crippen LogP contribution in [-0.4, -0.2) is 15.0 Å². The highest BCUT2D eigenvalue weighted by atomic mass is 15.3. The number of nitrogens with zero attached hydrogens (tertiary/aromatic N) is 4. The van der Waals surface area contributed by atoms with Crippen LogP contribution in [0.3, 0.4) is 0 Å². The monoisotopic (exact) mass is 928 g/mol. The highest BCUT2D eigenvalue weighted by Crippen LogP contribution is 2.45. The highest BCUT2D eigenvalue weighted by Gasteiger charge is 2.27. The van der Waals surface area contributed by atoms with E-state index in [2.05, 4.69) is 271 Å². The van der Waals surface area contributed by atoms with E-state index in [4.69, 9.17) is 15.0 Å². The van der Waals surface area contributed by atoms with Crippen molar-refractivity contribution in [3.63, 3.8) is 0 Å². The van der Waals surface area contributed by atoms with E-state index in [1.807, 2.05) is 0 Å². The summed E-state index contributed by atoms with van der Waals surface area (Å²) in [5.41, 5.74) is 21.8. The van der Waals surface area contributed by atoms with Crippen molar-refractivity contribution >= 4 is 28.1 Å². The number of rotatable bonds is 11. The number of para-hydroxylation sites is 1. The van der Waals surface area contributed by atoms with Gasteiger partial charge in [-0.15, -0.1) is 0 Å². The fourth-order valence-corrected chi connectivity index (χ4v) is 10.9. The molecule has 0 aliphatic rings. The smallest absolute Gasteiger partial charge is 0.238 e. The largest absolute Gasteiger partial charge is 0.278 e. The minimum Gasteiger partial charge on any atom is -0.278 e. The van der Waals surface area contributed by atoms with Gasteiger partial charge in [-0.1, -0.05) is 199 Å². The zero-order chi connectivity index (χ0) is 49.3. The summed E-state index contributed by atoms with van der Waals surface area (Å²) in [7, 11) is 0. The molecule has 0 N–H and O–H groups in total. The Morgan fingerprint density at radius 2 is 0.792 bits per heavy atom. The van der Waals surface area contributed by atoms with E-state index in [1.165, 1.54) is 50.1 Å². The van der Waals surface area contributed by atoms with Crippen LogP contribution in [0.2, 0.25) is 0 Å². The van der Waals surface area contributed by atoms with Crippen molar-refractivity contribution in [2.45, 2.75) is 47.5 Å². The van der Waals surface area contributed by atoms with Crippen LogP contribution < -0.4 is 4.90 Å². The lowest BCUT2D eigenvalue weighted by molar-refractivity contribution is 0.919. The Labute approximate surface area is 424 Å². The molecule has 0 spiro atoms. The van der Waals surface area contributed by atoms with Crippen molar-refractivity contribution in [3.8, 4) is 56.2 Å². The van der Waals surface area contributed by atoms with Crippen molar-refractivity contribution in [3.05, 3.63) is 275 Å². The molecule has 0 amide bonds. The van der Waals surface area contributed by atoms with Crippen LogP contribution in [0.25, 0.3) is 66.9 Å². The van der Waals surface area contributed by atoms with Crippen LogP contribution in [0, 0.1) is 41.5 Å². The Balaban J connectivity index is 1.17. The molecule has 1 heterocycles. The molecule has 0 saturated carbocycles. The molecule has 0 fully saturated rings. The molecule has 11 aromatic rings. The second kappa shape index (κ2) is 19.6. The van der Waals surface area contributed by atoms with Gasteiger partial charge >= 0.3 is 0 Å². The maximum Gasteiger partial charge on any atom is 0.238 e. The van der Waals surface area contributed by atoms with Crippen LogP contribution in [-0.2, 0) is 0 Å². The molecule has 1 aromatic heterocycles. The molecular formula is C68H56N4. The first kappa shape index (κ1) is 45.7. The van der Waals surface area contributed by atoms with E-state index in [9.17, 15) is 0 Å². The molecule has 0 saturated heterocycles. The standard InChI is InChI=1S/C68H56N4/c1-44-37-46(3)63(47(4)38-44)65(64-48(5)39-45(2)40-49(64)6)53-33-35-58(36-34-53)72(62-32-19-18-31-59(62)51-23-12-8-13-24-51)68-70-66(57-30-20-29-54(41-57)50-21-10-7-11-22-50)69-67(71-68)61-43-56-28-17-16-27-55(56)42-60(61)52-25-14-9-15-26-52/h7-43,65H,1-6H3. The molecular weight excluding hydrogens is 873 g/mol. The summed E-state index contributed by atoms with van der Waals surface area (Å²) in [5.74, 6) is 1.69. The van der Waals surface area contributed by atoms with E-state index in [0.717, 1.165) is 66.7 Å². The van der Waals surface area contributed by atoms with Gasteiger partial charge in [-0.05, 0) is 155 Å². The van der Waals surface area contributed by atoms with Crippen molar-refractivity contribution in [1.82, 2.24) is 15.0 Å². The Morgan fingerprint density at radius 3 is 1.38 bits per heavy atom. The van der Waals surface area contributed by atoms with Crippen LogP contribution >= 0.6 is 0 Å². The maximum atomic E-state index is 5.61. The minimum absolute atomic E-state index is 0.0156. The molecule has 348 valence electrons. The van der Waals surface area contributed by atoms with Crippen molar-refractivity contribution < 1.29 is 0 Å². The number of hydrogen-bond donors (Lipinski definition) is 0. The average molecular weight is 929 g/mol. The molecule has 10 aromatic carbocycles. The summed E-state index contributed by atoms with van der Waals surface area (Å²) in [5, 5.41) is 2.25. The van der Waals surface area contributed by atoms with Gasteiger partial charge in [0.05, 0.1) is 5.69 Å². The summed E-state index contributed by atoms with van der Waals surface area (Å²) >= 11 is 0. The average Bonchev–Trinajstić information content (AvgIpc) is 3.41. The maximum absolute atomic E-state index is 5.61. The lowest BCUT2D eigenvalue weighted by Crippen LogP contribution is -2.17. The fraction of sp³-hybridized carbons (Fsp3) is 0.103. The number of aromatic nitrogens is 3. The van der Waals surface area contributed by atoms with Crippen LogP contribution in [0.15, 0.2) is 224 Å². The molecule has 0 radical (unpaired) electrons. The van der Waals surface area contributed by atoms with E-state index >= 15 is 0 Å². The molecule has 4 nitrogen and oxygen atoms in total. The van der Waals surface area contributed by atoms with Crippen molar-refractivity contribution in [2.24, 2.45) is 0 Å². The SMILES string of the molecule is Cc1cc(C)c(C(c2ccc(N(c3nc(-c4cccc(-c5ccccc5)c4)nc(-c4cc5ccccc5cc4-c4ccccc4)n3)c3ccccc3-c3ccccc3)cc2)c2c(C)cc(C)cc2C)c(C)c1. The lowest BCUT2D eigenvalue weighted by atomic mass is 9.77. The van der Waals surface area contributed by atoms with Crippen LogP contribution in [0.4, 0.5) is 17.3 Å². The first-order valence-electron chi connectivity index (χ1n) is 24.9. The lowest BCUT2D eigenvalue weighted by Gasteiger charge is -2.29. The summed E-state index contributed by atoms with van der Waals surface area (Å²) < 4.78 is 0.